The van der Waals surface area contributed by atoms with Crippen LogP contribution < -0.4 is 10.6 Å². The number of hydrogen-bond donors (Lipinski definition) is 1. The van der Waals surface area contributed by atoms with Crippen molar-refractivity contribution in [1.29, 1.82) is 0 Å². The molecule has 0 aliphatic carbocycles. The summed E-state index contributed by atoms with van der Waals surface area (Å²) in [6, 6.07) is 5.45. The molecule has 0 aliphatic heterocycles. The second-order valence-corrected chi connectivity index (χ2v) is 3.81. The molecule has 17 heavy (non-hydrogen) atoms. The fourth-order valence-corrected chi connectivity index (χ4v) is 1.84. The molecule has 0 aliphatic rings. The Morgan fingerprint density at radius 2 is 2.12 bits per heavy atom. The van der Waals surface area contributed by atoms with E-state index in [1.165, 1.54) is 7.11 Å². The Hall–Kier alpha value is -1.71. The largest absolute Gasteiger partial charge is 0.465 e. The summed E-state index contributed by atoms with van der Waals surface area (Å²) >= 11 is 0. The number of carbonyl (C=O) groups excluding carboxylic acids is 1. The minimum absolute atomic E-state index is 0.392. The second-order valence-electron chi connectivity index (χ2n) is 3.81. The van der Waals surface area contributed by atoms with Crippen LogP contribution in [-0.2, 0) is 4.74 Å². The number of nitrogens with zero attached hydrogens (tertiary/aromatic N) is 1. The van der Waals surface area contributed by atoms with Crippen LogP contribution in [0.3, 0.4) is 0 Å². The van der Waals surface area contributed by atoms with Crippen molar-refractivity contribution in [2.75, 3.05) is 30.8 Å². The van der Waals surface area contributed by atoms with Crippen molar-refractivity contribution in [2.24, 2.45) is 0 Å². The van der Waals surface area contributed by atoms with Gasteiger partial charge in [-0.25, -0.2) is 4.79 Å². The topological polar surface area (TPSA) is 55.6 Å². The summed E-state index contributed by atoms with van der Waals surface area (Å²) < 4.78 is 4.71. The van der Waals surface area contributed by atoms with Crippen LogP contribution in [0.2, 0.25) is 0 Å². The van der Waals surface area contributed by atoms with E-state index in [-0.39, 0.29) is 0 Å². The van der Waals surface area contributed by atoms with Gasteiger partial charge in [0, 0.05) is 13.1 Å². The first-order chi connectivity index (χ1) is 8.15. The number of carbonyl (C=O) groups is 1. The van der Waals surface area contributed by atoms with Crippen LogP contribution in [0.1, 0.15) is 30.6 Å². The van der Waals surface area contributed by atoms with Crippen LogP contribution in [0.5, 0.6) is 0 Å². The van der Waals surface area contributed by atoms with Gasteiger partial charge in [0.1, 0.15) is 0 Å². The molecule has 0 heterocycles. The van der Waals surface area contributed by atoms with Crippen molar-refractivity contribution in [1.82, 2.24) is 0 Å². The summed E-state index contributed by atoms with van der Waals surface area (Å²) in [7, 11) is 1.36. The lowest BCUT2D eigenvalue weighted by atomic mass is 10.1. The Labute approximate surface area is 102 Å². The molecule has 0 saturated heterocycles. The summed E-state index contributed by atoms with van der Waals surface area (Å²) in [5, 5.41) is 0. The predicted octanol–water partition coefficient (Wildman–Crippen LogP) is 2.29. The predicted molar refractivity (Wildman–Crippen MR) is 70.4 cm³/mol. The van der Waals surface area contributed by atoms with Crippen LogP contribution in [0.15, 0.2) is 18.2 Å². The Kier molecular flexibility index (Phi) is 4.82. The molecule has 1 aromatic carbocycles. The first-order valence-electron chi connectivity index (χ1n) is 5.87. The van der Waals surface area contributed by atoms with E-state index in [0.29, 0.717) is 11.3 Å². The van der Waals surface area contributed by atoms with Gasteiger partial charge in [-0.3, -0.25) is 0 Å². The molecule has 4 nitrogen and oxygen atoms in total. The number of para-hydroxylation sites is 1. The van der Waals surface area contributed by atoms with E-state index < -0.39 is 5.97 Å². The number of nitrogen functional groups attached to an aromatic ring is 1. The lowest BCUT2D eigenvalue weighted by molar-refractivity contribution is 0.0602. The first-order valence-corrected chi connectivity index (χ1v) is 5.87. The number of rotatable bonds is 5. The van der Waals surface area contributed by atoms with E-state index in [9.17, 15) is 4.79 Å². The minimum atomic E-state index is -0.392. The molecule has 0 spiro atoms. The molecule has 0 radical (unpaired) electrons. The summed E-state index contributed by atoms with van der Waals surface area (Å²) in [6.07, 6.45) is 1.04. The maximum Gasteiger partial charge on any atom is 0.340 e. The van der Waals surface area contributed by atoms with Crippen LogP contribution >= 0.6 is 0 Å². The van der Waals surface area contributed by atoms with Gasteiger partial charge in [0.15, 0.2) is 0 Å². The fraction of sp³-hybridized carbons (Fsp3) is 0.462. The third kappa shape index (κ3) is 2.90. The zero-order valence-electron chi connectivity index (χ0n) is 10.7. The first kappa shape index (κ1) is 13.4. The van der Waals surface area contributed by atoms with E-state index in [2.05, 4.69) is 18.7 Å². The van der Waals surface area contributed by atoms with Gasteiger partial charge < -0.3 is 15.4 Å². The molecule has 2 N–H and O–H groups in total. The molecule has 0 unspecified atom stereocenters. The Morgan fingerprint density at radius 1 is 1.41 bits per heavy atom. The van der Waals surface area contributed by atoms with Crippen molar-refractivity contribution in [3.63, 3.8) is 0 Å². The van der Waals surface area contributed by atoms with Crippen molar-refractivity contribution >= 4 is 17.3 Å². The SMILES string of the molecule is CCCN(CC)c1cccc(C(=O)OC)c1N. The highest BCUT2D eigenvalue weighted by atomic mass is 16.5. The lowest BCUT2D eigenvalue weighted by Crippen LogP contribution is -2.25. The van der Waals surface area contributed by atoms with Crippen molar-refractivity contribution in [3.05, 3.63) is 23.8 Å². The van der Waals surface area contributed by atoms with E-state index in [0.717, 1.165) is 25.2 Å². The number of anilines is 2. The molecule has 94 valence electrons. The van der Waals surface area contributed by atoms with Gasteiger partial charge in [-0.05, 0) is 25.5 Å². The number of nitrogens with two attached hydrogens (primary N) is 1. The molecule has 1 aromatic rings. The highest BCUT2D eigenvalue weighted by Crippen LogP contribution is 2.27. The van der Waals surface area contributed by atoms with Crippen molar-refractivity contribution in [3.8, 4) is 0 Å². The molecular weight excluding hydrogens is 216 g/mol. The third-order valence-electron chi connectivity index (χ3n) is 2.70. The normalized spacial score (nSPS) is 10.1. The fourth-order valence-electron chi connectivity index (χ4n) is 1.84. The molecule has 0 saturated carbocycles. The average Bonchev–Trinajstić information content (AvgIpc) is 2.36. The van der Waals surface area contributed by atoms with Gasteiger partial charge in [-0.1, -0.05) is 13.0 Å². The molecule has 0 bridgehead atoms. The second kappa shape index (κ2) is 6.13. The number of esters is 1. The summed E-state index contributed by atoms with van der Waals surface area (Å²) in [6.45, 7) is 5.97. The highest BCUT2D eigenvalue weighted by molar-refractivity contribution is 5.98. The standard InChI is InChI=1S/C13H20N2O2/c1-4-9-15(5-2)11-8-6-7-10(12(11)14)13(16)17-3/h6-8H,4-5,9,14H2,1-3H3. The zero-order chi connectivity index (χ0) is 12.8. The molecule has 0 fully saturated rings. The van der Waals surface area contributed by atoms with Crippen LogP contribution in [-0.4, -0.2) is 26.2 Å². The van der Waals surface area contributed by atoms with Gasteiger partial charge in [0.05, 0.1) is 24.0 Å². The van der Waals surface area contributed by atoms with Gasteiger partial charge in [-0.2, -0.15) is 0 Å². The zero-order valence-corrected chi connectivity index (χ0v) is 10.7. The van der Waals surface area contributed by atoms with Crippen LogP contribution in [0.4, 0.5) is 11.4 Å². The molecule has 4 heteroatoms. The number of benzene rings is 1. The maximum atomic E-state index is 11.5. The van der Waals surface area contributed by atoms with Gasteiger partial charge in [0.2, 0.25) is 0 Å². The van der Waals surface area contributed by atoms with E-state index in [1.807, 2.05) is 12.1 Å². The quantitative estimate of drug-likeness (QED) is 0.629. The summed E-state index contributed by atoms with van der Waals surface area (Å²) in [5.74, 6) is -0.392. The third-order valence-corrected chi connectivity index (χ3v) is 2.70. The number of hydrogen-bond acceptors (Lipinski definition) is 4. The van der Waals surface area contributed by atoms with Crippen LogP contribution in [0.25, 0.3) is 0 Å². The van der Waals surface area contributed by atoms with E-state index >= 15 is 0 Å². The molecule has 1 rings (SSSR count). The van der Waals surface area contributed by atoms with Gasteiger partial charge in [-0.15, -0.1) is 0 Å². The minimum Gasteiger partial charge on any atom is -0.465 e. The van der Waals surface area contributed by atoms with Gasteiger partial charge in [0.25, 0.3) is 0 Å². The van der Waals surface area contributed by atoms with Crippen molar-refractivity contribution < 1.29 is 9.53 Å². The maximum absolute atomic E-state index is 11.5. The molecule has 0 aromatic heterocycles. The molecule has 0 amide bonds. The summed E-state index contributed by atoms with van der Waals surface area (Å²) in [5.41, 5.74) is 7.85. The molecule has 0 atom stereocenters. The van der Waals surface area contributed by atoms with E-state index in [1.54, 1.807) is 6.07 Å². The summed E-state index contributed by atoms with van der Waals surface area (Å²) in [4.78, 5) is 13.7. The number of ether oxygens (including phenoxy) is 1. The highest BCUT2D eigenvalue weighted by Gasteiger charge is 2.15. The smallest absolute Gasteiger partial charge is 0.340 e. The Balaban J connectivity index is 3.12. The Morgan fingerprint density at radius 3 is 2.65 bits per heavy atom. The lowest BCUT2D eigenvalue weighted by Gasteiger charge is -2.24. The van der Waals surface area contributed by atoms with Gasteiger partial charge >= 0.3 is 5.97 Å². The molecular formula is C13H20N2O2. The average molecular weight is 236 g/mol. The number of methoxy groups -OCH3 is 1. The van der Waals surface area contributed by atoms with Crippen LogP contribution in [0, 0.1) is 0 Å². The Bertz CT molecular complexity index is 391. The van der Waals surface area contributed by atoms with Crippen molar-refractivity contribution in [2.45, 2.75) is 20.3 Å². The van der Waals surface area contributed by atoms with E-state index in [4.69, 9.17) is 10.5 Å². The monoisotopic (exact) mass is 236 g/mol.